The van der Waals surface area contributed by atoms with Crippen LogP contribution in [0.25, 0.3) is 0 Å². The molecule has 0 atom stereocenters. The van der Waals surface area contributed by atoms with Crippen LogP contribution in [-0.4, -0.2) is 11.1 Å². The van der Waals surface area contributed by atoms with Crippen LogP contribution >= 0.6 is 0 Å². The van der Waals surface area contributed by atoms with Gasteiger partial charge in [0.1, 0.15) is 5.82 Å². The highest BCUT2D eigenvalue weighted by Gasteiger charge is 2.07. The van der Waals surface area contributed by atoms with Crippen LogP contribution in [0.1, 0.15) is 24.5 Å². The standard InChI is InChI=1S/C11H13FO2/c1-2-8-4-3-5-9(11(8)12)6-7-10(13)14/h3-5H,2,6-7H2,1H3,(H,13,14). The maximum Gasteiger partial charge on any atom is 0.303 e. The molecule has 1 aromatic carbocycles. The number of carboxylic acid groups (broad SMARTS) is 1. The SMILES string of the molecule is CCc1cccc(CCC(=O)O)c1F. The molecule has 1 N–H and O–H groups in total. The number of aliphatic carboxylic acids is 1. The molecule has 0 aliphatic rings. The molecule has 3 heteroatoms. The molecule has 0 amide bonds. The molecule has 0 unspecified atom stereocenters. The third-order valence-electron chi connectivity index (χ3n) is 2.15. The molecule has 0 fully saturated rings. The molecule has 0 aromatic heterocycles. The lowest BCUT2D eigenvalue weighted by Gasteiger charge is -2.05. The van der Waals surface area contributed by atoms with Crippen LogP contribution < -0.4 is 0 Å². The van der Waals surface area contributed by atoms with Gasteiger partial charge in [0.25, 0.3) is 0 Å². The van der Waals surface area contributed by atoms with E-state index in [1.807, 2.05) is 6.92 Å². The van der Waals surface area contributed by atoms with Gasteiger partial charge >= 0.3 is 5.97 Å². The van der Waals surface area contributed by atoms with Crippen LogP contribution in [0.3, 0.4) is 0 Å². The van der Waals surface area contributed by atoms with E-state index in [2.05, 4.69) is 0 Å². The Morgan fingerprint density at radius 1 is 1.43 bits per heavy atom. The predicted molar refractivity (Wildman–Crippen MR) is 51.7 cm³/mol. The molecule has 1 aromatic rings. The van der Waals surface area contributed by atoms with Crippen molar-refractivity contribution < 1.29 is 14.3 Å². The zero-order valence-electron chi connectivity index (χ0n) is 8.09. The Bertz CT molecular complexity index is 334. The number of carboxylic acids is 1. The van der Waals surface area contributed by atoms with E-state index in [0.717, 1.165) is 0 Å². The van der Waals surface area contributed by atoms with Gasteiger partial charge in [-0.05, 0) is 24.0 Å². The summed E-state index contributed by atoms with van der Waals surface area (Å²) in [5.41, 5.74) is 1.14. The lowest BCUT2D eigenvalue weighted by Crippen LogP contribution is -2.01. The van der Waals surface area contributed by atoms with Crippen molar-refractivity contribution >= 4 is 5.97 Å². The van der Waals surface area contributed by atoms with Gasteiger partial charge in [-0.1, -0.05) is 25.1 Å². The highest BCUT2D eigenvalue weighted by Crippen LogP contribution is 2.14. The van der Waals surface area contributed by atoms with E-state index >= 15 is 0 Å². The first-order valence-corrected chi connectivity index (χ1v) is 4.63. The summed E-state index contributed by atoms with van der Waals surface area (Å²) < 4.78 is 13.5. The van der Waals surface area contributed by atoms with E-state index in [0.29, 0.717) is 17.5 Å². The minimum absolute atomic E-state index is 0.0237. The van der Waals surface area contributed by atoms with Crippen LogP contribution in [0.4, 0.5) is 4.39 Å². The maximum atomic E-state index is 13.5. The number of hydrogen-bond acceptors (Lipinski definition) is 1. The Labute approximate surface area is 82.4 Å². The third kappa shape index (κ3) is 2.55. The van der Waals surface area contributed by atoms with Gasteiger partial charge in [-0.3, -0.25) is 4.79 Å². The predicted octanol–water partition coefficient (Wildman–Crippen LogP) is 2.41. The largest absolute Gasteiger partial charge is 0.481 e. The Balaban J connectivity index is 2.81. The zero-order valence-corrected chi connectivity index (χ0v) is 8.09. The number of benzene rings is 1. The molecule has 0 saturated carbocycles. The Hall–Kier alpha value is -1.38. The van der Waals surface area contributed by atoms with Crippen molar-refractivity contribution in [2.24, 2.45) is 0 Å². The molecule has 0 aliphatic carbocycles. The molecule has 0 bridgehead atoms. The van der Waals surface area contributed by atoms with E-state index in [1.54, 1.807) is 18.2 Å². The molecule has 2 nitrogen and oxygen atoms in total. The summed E-state index contributed by atoms with van der Waals surface area (Å²) in [4.78, 5) is 10.3. The second-order valence-corrected chi connectivity index (χ2v) is 3.14. The van der Waals surface area contributed by atoms with E-state index in [-0.39, 0.29) is 18.7 Å². The summed E-state index contributed by atoms with van der Waals surface area (Å²) in [6.07, 6.45) is 0.867. The summed E-state index contributed by atoms with van der Waals surface area (Å²) in [5.74, 6) is -1.15. The number of halogens is 1. The second kappa shape index (κ2) is 4.74. The summed E-state index contributed by atoms with van der Waals surface area (Å²) in [6.45, 7) is 1.87. The number of hydrogen-bond donors (Lipinski definition) is 1. The van der Waals surface area contributed by atoms with Crippen molar-refractivity contribution in [2.45, 2.75) is 26.2 Å². The molecule has 1 rings (SSSR count). The zero-order chi connectivity index (χ0) is 10.6. The molecule has 76 valence electrons. The van der Waals surface area contributed by atoms with Gasteiger partial charge in [0.05, 0.1) is 0 Å². The molecule has 0 saturated heterocycles. The molecule has 0 radical (unpaired) electrons. The van der Waals surface area contributed by atoms with Gasteiger partial charge in [0.15, 0.2) is 0 Å². The normalized spacial score (nSPS) is 10.1. The van der Waals surface area contributed by atoms with Crippen LogP contribution in [0, 0.1) is 5.82 Å². The van der Waals surface area contributed by atoms with Crippen molar-refractivity contribution in [1.82, 2.24) is 0 Å². The van der Waals surface area contributed by atoms with Crippen LogP contribution in [0.15, 0.2) is 18.2 Å². The lowest BCUT2D eigenvalue weighted by molar-refractivity contribution is -0.136. The summed E-state index contributed by atoms with van der Waals surface area (Å²) >= 11 is 0. The second-order valence-electron chi connectivity index (χ2n) is 3.14. The number of aryl methyl sites for hydroxylation is 2. The summed E-state index contributed by atoms with van der Waals surface area (Å²) in [5, 5.41) is 8.47. The number of rotatable bonds is 4. The number of carbonyl (C=O) groups is 1. The van der Waals surface area contributed by atoms with Crippen molar-refractivity contribution in [3.05, 3.63) is 35.1 Å². The average Bonchev–Trinajstić information content (AvgIpc) is 2.16. The molecule has 0 aliphatic heterocycles. The Morgan fingerprint density at radius 3 is 2.64 bits per heavy atom. The quantitative estimate of drug-likeness (QED) is 0.802. The van der Waals surface area contributed by atoms with E-state index in [9.17, 15) is 9.18 Å². The fraction of sp³-hybridized carbons (Fsp3) is 0.364. The van der Waals surface area contributed by atoms with E-state index in [4.69, 9.17) is 5.11 Å². The highest BCUT2D eigenvalue weighted by molar-refractivity contribution is 5.67. The van der Waals surface area contributed by atoms with Gasteiger partial charge in [0.2, 0.25) is 0 Å². The molecule has 0 spiro atoms. The van der Waals surface area contributed by atoms with Gasteiger partial charge in [0, 0.05) is 6.42 Å². The topological polar surface area (TPSA) is 37.3 Å². The molecule has 14 heavy (non-hydrogen) atoms. The summed E-state index contributed by atoms with van der Waals surface area (Å²) in [7, 11) is 0. The van der Waals surface area contributed by atoms with Gasteiger partial charge < -0.3 is 5.11 Å². The fourth-order valence-corrected chi connectivity index (χ4v) is 1.34. The smallest absolute Gasteiger partial charge is 0.303 e. The van der Waals surface area contributed by atoms with Gasteiger partial charge in [-0.15, -0.1) is 0 Å². The Kier molecular flexibility index (Phi) is 3.63. The van der Waals surface area contributed by atoms with E-state index in [1.165, 1.54) is 0 Å². The maximum absolute atomic E-state index is 13.5. The van der Waals surface area contributed by atoms with Crippen molar-refractivity contribution in [3.63, 3.8) is 0 Å². The van der Waals surface area contributed by atoms with Crippen LogP contribution in [0.5, 0.6) is 0 Å². The molecule has 0 heterocycles. The molecular formula is C11H13FO2. The first kappa shape index (κ1) is 10.7. The molecular weight excluding hydrogens is 183 g/mol. The van der Waals surface area contributed by atoms with Crippen molar-refractivity contribution in [1.29, 1.82) is 0 Å². The minimum Gasteiger partial charge on any atom is -0.481 e. The Morgan fingerprint density at radius 2 is 2.07 bits per heavy atom. The summed E-state index contributed by atoms with van der Waals surface area (Å²) in [6, 6.07) is 5.12. The van der Waals surface area contributed by atoms with Crippen LogP contribution in [-0.2, 0) is 17.6 Å². The first-order chi connectivity index (χ1) is 6.65. The van der Waals surface area contributed by atoms with E-state index < -0.39 is 5.97 Å². The van der Waals surface area contributed by atoms with Gasteiger partial charge in [-0.2, -0.15) is 0 Å². The fourth-order valence-electron chi connectivity index (χ4n) is 1.34. The van der Waals surface area contributed by atoms with Crippen LogP contribution in [0.2, 0.25) is 0 Å². The monoisotopic (exact) mass is 196 g/mol. The average molecular weight is 196 g/mol. The van der Waals surface area contributed by atoms with Gasteiger partial charge in [-0.25, -0.2) is 4.39 Å². The first-order valence-electron chi connectivity index (χ1n) is 4.63. The van der Waals surface area contributed by atoms with Crippen molar-refractivity contribution in [2.75, 3.05) is 0 Å². The third-order valence-corrected chi connectivity index (χ3v) is 2.15. The lowest BCUT2D eigenvalue weighted by atomic mass is 10.0. The minimum atomic E-state index is -0.897. The highest BCUT2D eigenvalue weighted by atomic mass is 19.1. The van der Waals surface area contributed by atoms with Crippen molar-refractivity contribution in [3.8, 4) is 0 Å².